The van der Waals surface area contributed by atoms with Gasteiger partial charge in [0.1, 0.15) is 18.4 Å². The SMILES string of the molecule is COCCOCCOC[C@H](NC(=O)C(F)(F)C(=O)[C@H](Cc1ccc(OCc2ccccc2)cc1)NC(=O)[C@H](C(C)C)N(Cc1ccccc1)C(=O)O)C(C)C. The van der Waals surface area contributed by atoms with Gasteiger partial charge in [0.15, 0.2) is 0 Å². The fraction of sp³-hybridized carbons (Fsp3) is 0.463. The van der Waals surface area contributed by atoms with E-state index in [0.717, 1.165) is 10.5 Å². The van der Waals surface area contributed by atoms with Crippen molar-refractivity contribution < 1.29 is 52.0 Å². The van der Waals surface area contributed by atoms with Crippen LogP contribution in [-0.4, -0.2) is 97.9 Å². The fourth-order valence-electron chi connectivity index (χ4n) is 5.60. The molecule has 12 nitrogen and oxygen atoms in total. The summed E-state index contributed by atoms with van der Waals surface area (Å²) in [4.78, 5) is 54.2. The average molecular weight is 770 g/mol. The minimum Gasteiger partial charge on any atom is -0.489 e. The highest BCUT2D eigenvalue weighted by atomic mass is 19.3. The van der Waals surface area contributed by atoms with Crippen LogP contribution in [0, 0.1) is 11.8 Å². The van der Waals surface area contributed by atoms with E-state index < -0.39 is 60.1 Å². The maximum atomic E-state index is 15.9. The van der Waals surface area contributed by atoms with Crippen molar-refractivity contribution >= 4 is 23.7 Å². The Hall–Kier alpha value is -4.92. The van der Waals surface area contributed by atoms with E-state index in [2.05, 4.69) is 10.6 Å². The molecule has 0 aromatic heterocycles. The van der Waals surface area contributed by atoms with E-state index in [-0.39, 0.29) is 38.9 Å². The van der Waals surface area contributed by atoms with Gasteiger partial charge in [0.25, 0.3) is 5.91 Å². The van der Waals surface area contributed by atoms with Crippen LogP contribution >= 0.6 is 0 Å². The van der Waals surface area contributed by atoms with Crippen LogP contribution in [-0.2, 0) is 48.2 Å². The molecule has 0 bridgehead atoms. The number of carbonyl (C=O) groups is 4. The number of ether oxygens (including phenoxy) is 4. The molecule has 0 radical (unpaired) electrons. The lowest BCUT2D eigenvalue weighted by atomic mass is 9.95. The quantitative estimate of drug-likeness (QED) is 0.0790. The second-order valence-electron chi connectivity index (χ2n) is 13.7. The number of hydrogen-bond donors (Lipinski definition) is 3. The monoisotopic (exact) mass is 769 g/mol. The van der Waals surface area contributed by atoms with E-state index in [4.69, 9.17) is 18.9 Å². The lowest BCUT2D eigenvalue weighted by molar-refractivity contribution is -0.161. The van der Waals surface area contributed by atoms with Crippen molar-refractivity contribution in [2.75, 3.05) is 40.1 Å². The van der Waals surface area contributed by atoms with E-state index >= 15 is 8.78 Å². The van der Waals surface area contributed by atoms with Crippen molar-refractivity contribution in [3.63, 3.8) is 0 Å². The summed E-state index contributed by atoms with van der Waals surface area (Å²) >= 11 is 0. The number of rotatable bonds is 24. The van der Waals surface area contributed by atoms with E-state index in [1.807, 2.05) is 30.3 Å². The maximum Gasteiger partial charge on any atom is 0.408 e. The molecular formula is C41H53F2N3O9. The van der Waals surface area contributed by atoms with Gasteiger partial charge >= 0.3 is 12.0 Å². The molecule has 55 heavy (non-hydrogen) atoms. The van der Waals surface area contributed by atoms with Crippen LogP contribution in [0.2, 0.25) is 0 Å². The van der Waals surface area contributed by atoms with Gasteiger partial charge in [0.05, 0.1) is 45.1 Å². The summed E-state index contributed by atoms with van der Waals surface area (Å²) in [6, 6.07) is 20.2. The van der Waals surface area contributed by atoms with Gasteiger partial charge in [-0.05, 0) is 40.7 Å². The number of halogens is 2. The molecule has 0 aliphatic rings. The van der Waals surface area contributed by atoms with Crippen LogP contribution in [0.1, 0.15) is 44.4 Å². The zero-order chi connectivity index (χ0) is 40.4. The van der Waals surface area contributed by atoms with Crippen molar-refractivity contribution in [1.29, 1.82) is 0 Å². The lowest BCUT2D eigenvalue weighted by Crippen LogP contribution is -2.60. The number of methoxy groups -OCH3 is 1. The summed E-state index contributed by atoms with van der Waals surface area (Å²) in [5.41, 5.74) is 1.90. The molecule has 0 saturated heterocycles. The van der Waals surface area contributed by atoms with Crippen LogP contribution in [0.25, 0.3) is 0 Å². The Bertz CT molecular complexity index is 1630. The zero-order valence-corrected chi connectivity index (χ0v) is 32.0. The molecule has 0 aliphatic carbocycles. The largest absolute Gasteiger partial charge is 0.489 e. The Kier molecular flexibility index (Phi) is 18.2. The van der Waals surface area contributed by atoms with Gasteiger partial charge in [-0.2, -0.15) is 8.78 Å². The number of amides is 3. The number of nitrogens with one attached hydrogen (secondary N) is 2. The predicted octanol–water partition coefficient (Wildman–Crippen LogP) is 5.52. The minimum absolute atomic E-state index is 0.122. The number of nitrogens with zero attached hydrogens (tertiary/aromatic N) is 1. The van der Waals surface area contributed by atoms with Gasteiger partial charge in [-0.1, -0.05) is 100 Å². The predicted molar refractivity (Wildman–Crippen MR) is 202 cm³/mol. The van der Waals surface area contributed by atoms with Crippen LogP contribution in [0.5, 0.6) is 5.75 Å². The van der Waals surface area contributed by atoms with Crippen molar-refractivity contribution in [3.8, 4) is 5.75 Å². The first-order valence-corrected chi connectivity index (χ1v) is 18.2. The third kappa shape index (κ3) is 14.3. The molecule has 3 atom stereocenters. The first kappa shape index (κ1) is 44.5. The van der Waals surface area contributed by atoms with Gasteiger partial charge in [-0.15, -0.1) is 0 Å². The lowest BCUT2D eigenvalue weighted by Gasteiger charge is -2.33. The summed E-state index contributed by atoms with van der Waals surface area (Å²) in [5, 5.41) is 14.8. The molecule has 0 aliphatic heterocycles. The summed E-state index contributed by atoms with van der Waals surface area (Å²) in [6.07, 6.45) is -1.84. The molecule has 3 aromatic rings. The molecule has 0 spiro atoms. The molecule has 3 rings (SSSR count). The third-order valence-corrected chi connectivity index (χ3v) is 8.74. The van der Waals surface area contributed by atoms with Crippen molar-refractivity contribution in [1.82, 2.24) is 15.5 Å². The molecule has 0 unspecified atom stereocenters. The number of carbonyl (C=O) groups excluding carboxylic acids is 3. The summed E-state index contributed by atoms with van der Waals surface area (Å²) in [6.45, 7) is 7.71. The third-order valence-electron chi connectivity index (χ3n) is 8.74. The van der Waals surface area contributed by atoms with Gasteiger partial charge in [0.2, 0.25) is 11.7 Å². The number of hydrogen-bond acceptors (Lipinski definition) is 8. The first-order valence-electron chi connectivity index (χ1n) is 18.2. The summed E-state index contributed by atoms with van der Waals surface area (Å²) in [5.74, 6) is -9.76. The number of ketones is 1. The zero-order valence-electron chi connectivity index (χ0n) is 32.0. The highest BCUT2D eigenvalue weighted by Crippen LogP contribution is 2.23. The van der Waals surface area contributed by atoms with E-state index in [9.17, 15) is 24.3 Å². The second-order valence-corrected chi connectivity index (χ2v) is 13.7. The van der Waals surface area contributed by atoms with Gasteiger partial charge in [0, 0.05) is 20.1 Å². The molecule has 3 N–H and O–H groups in total. The van der Waals surface area contributed by atoms with E-state index in [1.165, 1.54) is 7.11 Å². The standard InChI is InChI=1S/C41H53F2N3O9/c1-28(2)35(27-54-23-22-53-21-20-52-5)45-39(49)41(42,43)37(47)34(24-30-16-18-33(19-17-30)55-26-32-14-10-7-11-15-32)44-38(48)36(29(3)4)46(40(50)51)25-31-12-8-6-9-13-31/h6-19,28-29,34-36H,20-27H2,1-5H3,(H,44,48)(H,45,49)(H,50,51)/t34-,35-,36-/m0/s1. The fourth-order valence-corrected chi connectivity index (χ4v) is 5.60. The Morgan fingerprint density at radius 3 is 1.89 bits per heavy atom. The summed E-state index contributed by atoms with van der Waals surface area (Å²) in [7, 11) is 1.54. The Labute approximate surface area is 321 Å². The topological polar surface area (TPSA) is 153 Å². The smallest absolute Gasteiger partial charge is 0.408 e. The highest BCUT2D eigenvalue weighted by molar-refractivity contribution is 6.10. The molecule has 3 aromatic carbocycles. The first-order chi connectivity index (χ1) is 26.2. The van der Waals surface area contributed by atoms with E-state index in [1.54, 1.807) is 82.3 Å². The molecule has 300 valence electrons. The van der Waals surface area contributed by atoms with Gasteiger partial charge < -0.3 is 34.7 Å². The van der Waals surface area contributed by atoms with Crippen LogP contribution in [0.15, 0.2) is 84.9 Å². The Balaban J connectivity index is 1.84. The molecule has 0 heterocycles. The molecule has 0 fully saturated rings. The number of carboxylic acid groups (broad SMARTS) is 1. The maximum absolute atomic E-state index is 15.9. The highest BCUT2D eigenvalue weighted by Gasteiger charge is 2.51. The molecule has 0 saturated carbocycles. The second kappa shape index (κ2) is 22.5. The summed E-state index contributed by atoms with van der Waals surface area (Å²) < 4.78 is 53.5. The van der Waals surface area contributed by atoms with E-state index in [0.29, 0.717) is 30.1 Å². The van der Waals surface area contributed by atoms with Crippen molar-refractivity contribution in [3.05, 3.63) is 102 Å². The van der Waals surface area contributed by atoms with Crippen LogP contribution in [0.3, 0.4) is 0 Å². The Morgan fingerprint density at radius 1 is 0.745 bits per heavy atom. The van der Waals surface area contributed by atoms with Crippen molar-refractivity contribution in [2.24, 2.45) is 11.8 Å². The van der Waals surface area contributed by atoms with Gasteiger partial charge in [-0.25, -0.2) is 4.79 Å². The minimum atomic E-state index is -4.59. The van der Waals surface area contributed by atoms with Crippen LogP contribution in [0.4, 0.5) is 13.6 Å². The van der Waals surface area contributed by atoms with Crippen molar-refractivity contribution in [2.45, 2.75) is 71.3 Å². The number of benzene rings is 3. The van der Waals surface area contributed by atoms with Gasteiger partial charge in [-0.3, -0.25) is 19.3 Å². The molecule has 3 amide bonds. The number of alkyl halides is 2. The number of Topliss-reactive ketones (excluding diaryl/α,β-unsaturated/α-hetero) is 1. The normalized spacial score (nSPS) is 13.2. The Morgan fingerprint density at radius 2 is 1.33 bits per heavy atom. The van der Waals surface area contributed by atoms with Crippen LogP contribution < -0.4 is 15.4 Å². The molecule has 14 heteroatoms. The molecular weight excluding hydrogens is 716 g/mol. The average Bonchev–Trinajstić information content (AvgIpc) is 3.16.